The summed E-state index contributed by atoms with van der Waals surface area (Å²) in [5, 5.41) is 0. The number of esters is 1. The first kappa shape index (κ1) is 18.0. The maximum absolute atomic E-state index is 12.1. The smallest absolute Gasteiger partial charge is 0.338 e. The Morgan fingerprint density at radius 2 is 2.04 bits per heavy atom. The lowest BCUT2D eigenvalue weighted by Gasteiger charge is -2.12. The summed E-state index contributed by atoms with van der Waals surface area (Å²) in [5.41, 5.74) is 1.73. The average Bonchev–Trinajstić information content (AvgIpc) is 3.15. The zero-order valence-electron chi connectivity index (χ0n) is 13.9. The highest BCUT2D eigenvalue weighted by molar-refractivity contribution is 9.10. The fraction of sp³-hybridized carbons (Fsp3) is 0.350. The zero-order valence-corrected chi connectivity index (χ0v) is 15.5. The molecule has 25 heavy (non-hydrogen) atoms. The van der Waals surface area contributed by atoms with Crippen molar-refractivity contribution in [3.05, 3.63) is 64.1 Å². The molecule has 0 bridgehead atoms. The molecule has 1 heterocycles. The van der Waals surface area contributed by atoms with Gasteiger partial charge in [-0.15, -0.1) is 0 Å². The van der Waals surface area contributed by atoms with E-state index in [4.69, 9.17) is 14.2 Å². The van der Waals surface area contributed by atoms with Crippen LogP contribution in [0.4, 0.5) is 0 Å². The van der Waals surface area contributed by atoms with Gasteiger partial charge in [-0.05, 0) is 52.5 Å². The van der Waals surface area contributed by atoms with Crippen LogP contribution in [0.3, 0.4) is 0 Å². The van der Waals surface area contributed by atoms with E-state index in [-0.39, 0.29) is 12.1 Å². The third kappa shape index (κ3) is 5.31. The van der Waals surface area contributed by atoms with Crippen molar-refractivity contribution in [1.82, 2.24) is 0 Å². The fourth-order valence-electron chi connectivity index (χ4n) is 2.70. The van der Waals surface area contributed by atoms with Gasteiger partial charge >= 0.3 is 5.97 Å². The van der Waals surface area contributed by atoms with E-state index < -0.39 is 0 Å². The van der Waals surface area contributed by atoms with Crippen LogP contribution >= 0.6 is 15.9 Å². The fourth-order valence-corrected chi connectivity index (χ4v) is 3.19. The molecule has 3 rings (SSSR count). The number of ether oxygens (including phenoxy) is 3. The number of hydrogen-bond acceptors (Lipinski definition) is 4. The quantitative estimate of drug-likeness (QED) is 0.641. The molecule has 0 amide bonds. The van der Waals surface area contributed by atoms with Crippen LogP contribution in [0, 0.1) is 0 Å². The van der Waals surface area contributed by atoms with Gasteiger partial charge < -0.3 is 14.2 Å². The van der Waals surface area contributed by atoms with Crippen molar-refractivity contribution >= 4 is 21.9 Å². The molecule has 4 nitrogen and oxygen atoms in total. The number of carbonyl (C=O) groups is 1. The van der Waals surface area contributed by atoms with E-state index in [1.54, 1.807) is 18.2 Å². The minimum Gasteiger partial charge on any atom is -0.492 e. The third-order valence-electron chi connectivity index (χ3n) is 4.08. The first-order valence-corrected chi connectivity index (χ1v) is 9.26. The number of benzene rings is 2. The molecule has 2 aromatic rings. The van der Waals surface area contributed by atoms with Crippen LogP contribution in [-0.2, 0) is 15.9 Å². The molecule has 132 valence electrons. The van der Waals surface area contributed by atoms with Crippen molar-refractivity contribution in [3.8, 4) is 5.75 Å². The van der Waals surface area contributed by atoms with Crippen molar-refractivity contribution in [2.45, 2.75) is 25.4 Å². The van der Waals surface area contributed by atoms with Gasteiger partial charge in [0.05, 0.1) is 22.7 Å². The van der Waals surface area contributed by atoms with Gasteiger partial charge in [0.15, 0.2) is 0 Å². The Hall–Kier alpha value is -1.85. The molecular formula is C20H21BrO4. The van der Waals surface area contributed by atoms with Crippen LogP contribution in [0.1, 0.15) is 28.8 Å². The molecule has 1 fully saturated rings. The van der Waals surface area contributed by atoms with Crippen LogP contribution < -0.4 is 4.74 Å². The SMILES string of the molecule is O=C(OCC1CCCO1)c1ccc(OCCc2ccccc2)c(Br)c1. The summed E-state index contributed by atoms with van der Waals surface area (Å²) in [5.74, 6) is 0.374. The third-order valence-corrected chi connectivity index (χ3v) is 4.70. The van der Waals surface area contributed by atoms with Crippen LogP contribution in [0.25, 0.3) is 0 Å². The number of carbonyl (C=O) groups excluding carboxylic acids is 1. The molecule has 1 aliphatic rings. The largest absolute Gasteiger partial charge is 0.492 e. The molecule has 2 aromatic carbocycles. The second-order valence-corrected chi connectivity index (χ2v) is 6.82. The molecule has 0 spiro atoms. The summed E-state index contributed by atoms with van der Waals surface area (Å²) in [4.78, 5) is 12.1. The second kappa shape index (κ2) is 9.02. The van der Waals surface area contributed by atoms with Crippen LogP contribution in [0.15, 0.2) is 53.0 Å². The van der Waals surface area contributed by atoms with E-state index in [2.05, 4.69) is 28.1 Å². The predicted octanol–water partition coefficient (Wildman–Crippen LogP) is 4.41. The Labute approximate surface area is 156 Å². The summed E-state index contributed by atoms with van der Waals surface area (Å²) in [6.45, 7) is 1.64. The van der Waals surface area contributed by atoms with Gasteiger partial charge in [0, 0.05) is 13.0 Å². The van der Waals surface area contributed by atoms with E-state index in [1.165, 1.54) is 5.56 Å². The topological polar surface area (TPSA) is 44.8 Å². The first-order valence-electron chi connectivity index (χ1n) is 8.47. The lowest BCUT2D eigenvalue weighted by atomic mass is 10.2. The molecule has 0 aliphatic carbocycles. The Kier molecular flexibility index (Phi) is 6.48. The molecule has 1 aliphatic heterocycles. The van der Waals surface area contributed by atoms with Crippen molar-refractivity contribution in [3.63, 3.8) is 0 Å². The van der Waals surface area contributed by atoms with Gasteiger partial charge in [-0.1, -0.05) is 30.3 Å². The second-order valence-electron chi connectivity index (χ2n) is 5.96. The minimum atomic E-state index is -0.341. The Bertz CT molecular complexity index is 696. The summed E-state index contributed by atoms with van der Waals surface area (Å²) >= 11 is 3.46. The Balaban J connectivity index is 1.50. The molecule has 1 atom stereocenters. The molecule has 0 saturated carbocycles. The highest BCUT2D eigenvalue weighted by atomic mass is 79.9. The molecular weight excluding hydrogens is 384 g/mol. The lowest BCUT2D eigenvalue weighted by molar-refractivity contribution is 0.0161. The molecule has 0 aromatic heterocycles. The lowest BCUT2D eigenvalue weighted by Crippen LogP contribution is -2.17. The maximum Gasteiger partial charge on any atom is 0.338 e. The van der Waals surface area contributed by atoms with Crippen molar-refractivity contribution < 1.29 is 19.0 Å². The molecule has 5 heteroatoms. The maximum atomic E-state index is 12.1. The Morgan fingerprint density at radius 3 is 2.76 bits per heavy atom. The van der Waals surface area contributed by atoms with E-state index in [1.807, 2.05) is 18.2 Å². The van der Waals surface area contributed by atoms with Gasteiger partial charge in [-0.2, -0.15) is 0 Å². The van der Waals surface area contributed by atoms with Gasteiger partial charge in [0.25, 0.3) is 0 Å². The highest BCUT2D eigenvalue weighted by Crippen LogP contribution is 2.26. The van der Waals surface area contributed by atoms with Crippen molar-refractivity contribution in [2.24, 2.45) is 0 Å². The van der Waals surface area contributed by atoms with E-state index in [9.17, 15) is 4.79 Å². The van der Waals surface area contributed by atoms with Crippen LogP contribution in [-0.4, -0.2) is 31.9 Å². The first-order chi connectivity index (χ1) is 12.2. The number of halogens is 1. The summed E-state index contributed by atoms with van der Waals surface area (Å²) < 4.78 is 17.3. The number of hydrogen-bond donors (Lipinski definition) is 0. The molecule has 1 unspecified atom stereocenters. The van der Waals surface area contributed by atoms with Gasteiger partial charge in [0.2, 0.25) is 0 Å². The van der Waals surface area contributed by atoms with E-state index >= 15 is 0 Å². The minimum absolute atomic E-state index is 0.0352. The normalized spacial score (nSPS) is 16.6. The van der Waals surface area contributed by atoms with E-state index in [0.29, 0.717) is 24.5 Å². The van der Waals surface area contributed by atoms with Gasteiger partial charge in [-0.25, -0.2) is 4.79 Å². The summed E-state index contributed by atoms with van der Waals surface area (Å²) in [6, 6.07) is 15.4. The van der Waals surface area contributed by atoms with Gasteiger partial charge in [0.1, 0.15) is 12.4 Å². The molecule has 0 N–H and O–H groups in total. The van der Waals surface area contributed by atoms with Crippen molar-refractivity contribution in [2.75, 3.05) is 19.8 Å². The zero-order chi connectivity index (χ0) is 17.5. The predicted molar refractivity (Wildman–Crippen MR) is 99.0 cm³/mol. The standard InChI is InChI=1S/C20H21BrO4/c21-18-13-16(20(22)25-14-17-7-4-11-23-17)8-9-19(18)24-12-10-15-5-2-1-3-6-15/h1-3,5-6,8-9,13,17H,4,7,10-12,14H2. The van der Waals surface area contributed by atoms with Crippen LogP contribution in [0.2, 0.25) is 0 Å². The molecule has 0 radical (unpaired) electrons. The summed E-state index contributed by atoms with van der Waals surface area (Å²) in [7, 11) is 0. The molecule has 1 saturated heterocycles. The number of rotatable bonds is 7. The highest BCUT2D eigenvalue weighted by Gasteiger charge is 2.18. The van der Waals surface area contributed by atoms with E-state index in [0.717, 1.165) is 30.3 Å². The monoisotopic (exact) mass is 404 g/mol. The van der Waals surface area contributed by atoms with Crippen molar-refractivity contribution in [1.29, 1.82) is 0 Å². The average molecular weight is 405 g/mol. The van der Waals surface area contributed by atoms with Crippen LogP contribution in [0.5, 0.6) is 5.75 Å². The summed E-state index contributed by atoms with van der Waals surface area (Å²) in [6.07, 6.45) is 2.85. The van der Waals surface area contributed by atoms with Gasteiger partial charge in [-0.3, -0.25) is 0 Å². The Morgan fingerprint density at radius 1 is 1.20 bits per heavy atom.